The van der Waals surface area contributed by atoms with Gasteiger partial charge in [-0.15, -0.1) is 0 Å². The van der Waals surface area contributed by atoms with Gasteiger partial charge in [0.25, 0.3) is 0 Å². The van der Waals surface area contributed by atoms with Crippen LogP contribution in [0.2, 0.25) is 0 Å². The topological polar surface area (TPSA) is 108 Å². The number of fused-ring (bicyclic) bond motifs is 1. The molecular formula is C31H28N2O5. The van der Waals surface area contributed by atoms with Crippen molar-refractivity contribution in [3.63, 3.8) is 0 Å². The Morgan fingerprint density at radius 2 is 1.76 bits per heavy atom. The summed E-state index contributed by atoms with van der Waals surface area (Å²) in [5, 5.41) is 10.2. The van der Waals surface area contributed by atoms with Crippen LogP contribution in [0.25, 0.3) is 22.1 Å². The van der Waals surface area contributed by atoms with Crippen LogP contribution >= 0.6 is 0 Å². The number of carboxylic acids is 1. The molecule has 0 aliphatic heterocycles. The van der Waals surface area contributed by atoms with Crippen molar-refractivity contribution in [2.75, 3.05) is 0 Å². The van der Waals surface area contributed by atoms with E-state index in [4.69, 9.17) is 19.6 Å². The Labute approximate surface area is 220 Å². The Morgan fingerprint density at radius 3 is 2.58 bits per heavy atom. The maximum absolute atomic E-state index is 11.3. The number of carboxylic acid groups (broad SMARTS) is 1. The molecule has 7 heteroatoms. The van der Waals surface area contributed by atoms with Gasteiger partial charge in [-0.05, 0) is 58.7 Å². The third-order valence-corrected chi connectivity index (χ3v) is 6.15. The Balaban J connectivity index is 1.44. The molecule has 192 valence electrons. The van der Waals surface area contributed by atoms with Gasteiger partial charge < -0.3 is 24.7 Å². The van der Waals surface area contributed by atoms with Crippen LogP contribution in [0.15, 0.2) is 95.7 Å². The van der Waals surface area contributed by atoms with Gasteiger partial charge in [0.2, 0.25) is 0 Å². The largest absolute Gasteiger partial charge is 0.489 e. The fourth-order valence-corrected chi connectivity index (χ4v) is 4.37. The minimum atomic E-state index is -0.902. The number of nitrogens with zero attached hydrogens (tertiary/aromatic N) is 1. The van der Waals surface area contributed by atoms with Gasteiger partial charge in [-0.3, -0.25) is 9.78 Å². The molecule has 0 radical (unpaired) electrons. The zero-order chi connectivity index (χ0) is 26.3. The first-order valence-corrected chi connectivity index (χ1v) is 12.3. The van der Waals surface area contributed by atoms with Gasteiger partial charge in [-0.25, -0.2) is 0 Å². The minimum Gasteiger partial charge on any atom is -0.489 e. The summed E-state index contributed by atoms with van der Waals surface area (Å²) in [6.07, 6.45) is 3.41. The van der Waals surface area contributed by atoms with Crippen LogP contribution in [-0.4, -0.2) is 16.1 Å². The minimum absolute atomic E-state index is 0.101. The summed E-state index contributed by atoms with van der Waals surface area (Å²) in [5.74, 6) is 0.365. The van der Waals surface area contributed by atoms with Crippen molar-refractivity contribution in [1.29, 1.82) is 0 Å². The first-order valence-electron chi connectivity index (χ1n) is 12.3. The van der Waals surface area contributed by atoms with Gasteiger partial charge in [0, 0.05) is 35.5 Å². The van der Waals surface area contributed by atoms with Crippen LogP contribution in [0.5, 0.6) is 5.75 Å². The molecule has 0 aliphatic carbocycles. The predicted octanol–water partition coefficient (Wildman–Crippen LogP) is 5.88. The second-order valence-electron chi connectivity index (χ2n) is 9.00. The van der Waals surface area contributed by atoms with Crippen molar-refractivity contribution in [2.24, 2.45) is 5.73 Å². The number of carbonyl (C=O) groups is 1. The highest BCUT2D eigenvalue weighted by atomic mass is 16.5. The predicted molar refractivity (Wildman–Crippen MR) is 144 cm³/mol. The number of hydrogen-bond acceptors (Lipinski definition) is 6. The second-order valence-corrected chi connectivity index (χ2v) is 9.00. The van der Waals surface area contributed by atoms with Crippen molar-refractivity contribution >= 4 is 16.9 Å². The lowest BCUT2D eigenvalue weighted by Gasteiger charge is -2.12. The van der Waals surface area contributed by atoms with Gasteiger partial charge in [-0.2, -0.15) is 0 Å². The summed E-state index contributed by atoms with van der Waals surface area (Å²) in [7, 11) is 0. The summed E-state index contributed by atoms with van der Waals surface area (Å²) in [5.41, 5.74) is 12.1. The Morgan fingerprint density at radius 1 is 0.895 bits per heavy atom. The third kappa shape index (κ3) is 6.08. The number of benzene rings is 3. The highest BCUT2D eigenvalue weighted by molar-refractivity contribution is 5.93. The van der Waals surface area contributed by atoms with Crippen LogP contribution in [0.4, 0.5) is 0 Å². The number of aliphatic carboxylic acids is 1. The van der Waals surface area contributed by atoms with Crippen LogP contribution in [0.3, 0.4) is 0 Å². The molecule has 0 unspecified atom stereocenters. The molecule has 0 saturated carbocycles. The summed E-state index contributed by atoms with van der Waals surface area (Å²) in [4.78, 5) is 15.4. The Hall–Kier alpha value is -4.46. The third-order valence-electron chi connectivity index (χ3n) is 6.15. The fourth-order valence-electron chi connectivity index (χ4n) is 4.37. The molecule has 38 heavy (non-hydrogen) atoms. The summed E-state index contributed by atoms with van der Waals surface area (Å²) < 4.78 is 18.2. The van der Waals surface area contributed by atoms with Gasteiger partial charge in [0.1, 0.15) is 30.3 Å². The van der Waals surface area contributed by atoms with Gasteiger partial charge in [-0.1, -0.05) is 42.5 Å². The van der Waals surface area contributed by atoms with E-state index in [2.05, 4.69) is 11.1 Å². The van der Waals surface area contributed by atoms with E-state index in [-0.39, 0.29) is 13.0 Å². The fraction of sp³-hybridized carbons (Fsp3) is 0.161. The second kappa shape index (κ2) is 11.7. The molecule has 0 saturated heterocycles. The van der Waals surface area contributed by atoms with Crippen LogP contribution in [0, 0.1) is 0 Å². The van der Waals surface area contributed by atoms with E-state index in [0.29, 0.717) is 36.8 Å². The summed E-state index contributed by atoms with van der Waals surface area (Å²) in [6.45, 7) is 1.46. The molecule has 7 nitrogen and oxygen atoms in total. The highest BCUT2D eigenvalue weighted by Crippen LogP contribution is 2.34. The van der Waals surface area contributed by atoms with E-state index in [1.807, 2.05) is 60.7 Å². The Kier molecular flexibility index (Phi) is 7.78. The first kappa shape index (κ1) is 25.2. The highest BCUT2D eigenvalue weighted by Gasteiger charge is 2.15. The molecule has 0 atom stereocenters. The standard InChI is InChI=1S/C31H28N2O5/c32-16-21-5-3-8-24(11-21)28-13-23(19-37-29-9-2-1-7-25(29)15-30(34)35)12-26-14-27(38-31(26)28)20-36-18-22-6-4-10-33-17-22/h1-14,17H,15-16,18-20,32H2,(H,34,35). The SMILES string of the molecule is NCc1cccc(-c2cc(COc3ccccc3CC(=O)O)cc3cc(COCc4cccnc4)oc23)c1. The Bertz CT molecular complexity index is 1550. The number of ether oxygens (including phenoxy) is 2. The molecule has 0 amide bonds. The summed E-state index contributed by atoms with van der Waals surface area (Å²) >= 11 is 0. The zero-order valence-electron chi connectivity index (χ0n) is 20.8. The van der Waals surface area contributed by atoms with Crippen molar-refractivity contribution in [3.8, 4) is 16.9 Å². The van der Waals surface area contributed by atoms with Crippen molar-refractivity contribution in [1.82, 2.24) is 4.98 Å². The first-order chi connectivity index (χ1) is 18.6. The van der Waals surface area contributed by atoms with E-state index in [0.717, 1.165) is 38.8 Å². The van der Waals surface area contributed by atoms with Gasteiger partial charge in [0.15, 0.2) is 0 Å². The van der Waals surface area contributed by atoms with Crippen LogP contribution in [0.1, 0.15) is 28.0 Å². The lowest BCUT2D eigenvalue weighted by molar-refractivity contribution is -0.136. The van der Waals surface area contributed by atoms with Crippen molar-refractivity contribution in [2.45, 2.75) is 32.8 Å². The number of para-hydroxylation sites is 1. The zero-order valence-corrected chi connectivity index (χ0v) is 20.8. The molecule has 2 heterocycles. The molecule has 2 aromatic heterocycles. The van der Waals surface area contributed by atoms with Gasteiger partial charge in [0.05, 0.1) is 13.0 Å². The molecule has 3 N–H and O–H groups in total. The lowest BCUT2D eigenvalue weighted by Crippen LogP contribution is -2.04. The van der Waals surface area contributed by atoms with E-state index < -0.39 is 5.97 Å². The van der Waals surface area contributed by atoms with E-state index in [1.165, 1.54) is 0 Å². The van der Waals surface area contributed by atoms with Crippen molar-refractivity contribution < 1.29 is 23.8 Å². The molecule has 0 bridgehead atoms. The lowest BCUT2D eigenvalue weighted by atomic mass is 9.99. The van der Waals surface area contributed by atoms with E-state index >= 15 is 0 Å². The number of hydrogen-bond donors (Lipinski definition) is 2. The monoisotopic (exact) mass is 508 g/mol. The summed E-state index contributed by atoms with van der Waals surface area (Å²) in [6, 6.07) is 25.2. The molecule has 0 spiro atoms. The quantitative estimate of drug-likeness (QED) is 0.229. The molecule has 0 fully saturated rings. The van der Waals surface area contributed by atoms with Crippen LogP contribution in [-0.2, 0) is 42.3 Å². The molecular weight excluding hydrogens is 480 g/mol. The van der Waals surface area contributed by atoms with Crippen LogP contribution < -0.4 is 10.5 Å². The number of pyridine rings is 1. The average Bonchev–Trinajstić information content (AvgIpc) is 3.35. The number of rotatable bonds is 11. The van der Waals surface area contributed by atoms with Crippen molar-refractivity contribution in [3.05, 3.63) is 119 Å². The molecule has 5 rings (SSSR count). The van der Waals surface area contributed by atoms with E-state index in [9.17, 15) is 9.90 Å². The average molecular weight is 509 g/mol. The maximum atomic E-state index is 11.3. The molecule has 0 aliphatic rings. The van der Waals surface area contributed by atoms with E-state index in [1.54, 1.807) is 24.5 Å². The van der Waals surface area contributed by atoms with Gasteiger partial charge >= 0.3 is 5.97 Å². The number of furan rings is 1. The maximum Gasteiger partial charge on any atom is 0.307 e. The normalized spacial score (nSPS) is 11.1. The number of nitrogens with two attached hydrogens (primary N) is 1. The number of aromatic nitrogens is 1. The molecule has 3 aromatic carbocycles. The molecule has 5 aromatic rings. The smallest absolute Gasteiger partial charge is 0.307 e.